The fraction of sp³-hybridized carbons (Fsp3) is 0.652. The van der Waals surface area contributed by atoms with Gasteiger partial charge in [-0.1, -0.05) is 31.2 Å². The number of piperazine rings is 1. The van der Waals surface area contributed by atoms with Crippen molar-refractivity contribution in [3.8, 4) is 0 Å². The van der Waals surface area contributed by atoms with Gasteiger partial charge in [-0.3, -0.25) is 14.7 Å². The lowest BCUT2D eigenvalue weighted by Gasteiger charge is -2.39. The molecular formula is C23H37N5O. The van der Waals surface area contributed by atoms with Crippen molar-refractivity contribution in [2.24, 2.45) is 4.99 Å². The molecule has 0 aliphatic carbocycles. The number of carbonyl (C=O) groups excluding carboxylic acids is 1. The van der Waals surface area contributed by atoms with E-state index < -0.39 is 0 Å². The molecule has 0 spiro atoms. The van der Waals surface area contributed by atoms with Crippen molar-refractivity contribution >= 4 is 11.9 Å². The highest BCUT2D eigenvalue weighted by molar-refractivity contribution is 5.82. The topological polar surface area (TPSA) is 51.2 Å². The zero-order valence-electron chi connectivity index (χ0n) is 18.4. The van der Waals surface area contributed by atoms with E-state index in [0.29, 0.717) is 5.91 Å². The number of nitrogens with one attached hydrogen (secondary N) is 1. The lowest BCUT2D eigenvalue weighted by Crippen LogP contribution is -2.57. The lowest BCUT2D eigenvalue weighted by molar-refractivity contribution is -0.135. The molecule has 2 fully saturated rings. The van der Waals surface area contributed by atoms with Crippen LogP contribution in [0, 0.1) is 0 Å². The van der Waals surface area contributed by atoms with Gasteiger partial charge < -0.3 is 15.1 Å². The maximum absolute atomic E-state index is 12.7. The highest BCUT2D eigenvalue weighted by Crippen LogP contribution is 2.14. The Morgan fingerprint density at radius 2 is 1.62 bits per heavy atom. The number of carbonyl (C=O) groups is 1. The van der Waals surface area contributed by atoms with Gasteiger partial charge in [0.2, 0.25) is 5.91 Å². The van der Waals surface area contributed by atoms with Crippen molar-refractivity contribution < 1.29 is 4.79 Å². The van der Waals surface area contributed by atoms with Gasteiger partial charge in [0.15, 0.2) is 5.96 Å². The molecule has 6 nitrogen and oxygen atoms in total. The van der Waals surface area contributed by atoms with Crippen LogP contribution in [-0.4, -0.2) is 85.5 Å². The summed E-state index contributed by atoms with van der Waals surface area (Å²) in [6.07, 6.45) is 4.37. The maximum atomic E-state index is 12.7. The molecule has 29 heavy (non-hydrogen) atoms. The average molecular weight is 400 g/mol. The van der Waals surface area contributed by atoms with E-state index in [1.54, 1.807) is 0 Å². The Hall–Kier alpha value is -2.08. The third kappa shape index (κ3) is 5.72. The minimum Gasteiger partial charge on any atom is -0.356 e. The standard InChI is InChI=1S/C23H37N5O/c1-4-20-7-9-21(10-8-20)11-12-25-23(24-3)28-17-15-26(16-18-28)19(2)22(29)27-13-5-6-14-27/h7-10,19H,4-6,11-18H2,1-3H3,(H,24,25). The third-order valence-electron chi connectivity index (χ3n) is 6.28. The largest absolute Gasteiger partial charge is 0.356 e. The molecule has 1 aromatic carbocycles. The van der Waals surface area contributed by atoms with Crippen LogP contribution in [0.5, 0.6) is 0 Å². The van der Waals surface area contributed by atoms with Crippen LogP contribution in [0.4, 0.5) is 0 Å². The molecule has 6 heteroatoms. The number of aryl methyl sites for hydroxylation is 1. The van der Waals surface area contributed by atoms with Gasteiger partial charge in [0.1, 0.15) is 0 Å². The molecule has 0 radical (unpaired) electrons. The molecule has 2 aliphatic heterocycles. The van der Waals surface area contributed by atoms with Crippen molar-refractivity contribution in [3.63, 3.8) is 0 Å². The van der Waals surface area contributed by atoms with Gasteiger partial charge in [0.05, 0.1) is 6.04 Å². The Balaban J connectivity index is 1.42. The zero-order valence-corrected chi connectivity index (χ0v) is 18.4. The molecule has 1 aromatic rings. The molecule has 2 saturated heterocycles. The summed E-state index contributed by atoms with van der Waals surface area (Å²) < 4.78 is 0. The number of hydrogen-bond acceptors (Lipinski definition) is 3. The molecule has 0 aromatic heterocycles. The van der Waals surface area contributed by atoms with Crippen LogP contribution >= 0.6 is 0 Å². The Bertz CT molecular complexity index is 673. The Morgan fingerprint density at radius 3 is 2.21 bits per heavy atom. The average Bonchev–Trinajstić information content (AvgIpc) is 3.31. The van der Waals surface area contributed by atoms with Crippen molar-refractivity contribution in [2.45, 2.75) is 45.6 Å². The van der Waals surface area contributed by atoms with Gasteiger partial charge in [-0.05, 0) is 43.7 Å². The first kappa shape index (κ1) is 21.6. The van der Waals surface area contributed by atoms with Crippen LogP contribution in [0.3, 0.4) is 0 Å². The van der Waals surface area contributed by atoms with Crippen LogP contribution in [0.2, 0.25) is 0 Å². The number of nitrogens with zero attached hydrogens (tertiary/aromatic N) is 4. The Morgan fingerprint density at radius 1 is 1.00 bits per heavy atom. The molecule has 2 aliphatic rings. The monoisotopic (exact) mass is 399 g/mol. The number of benzene rings is 1. The van der Waals surface area contributed by atoms with Gasteiger partial charge in [0.25, 0.3) is 0 Å². The van der Waals surface area contributed by atoms with Gasteiger partial charge in [-0.25, -0.2) is 0 Å². The highest BCUT2D eigenvalue weighted by atomic mass is 16.2. The second-order valence-electron chi connectivity index (χ2n) is 8.13. The van der Waals surface area contributed by atoms with E-state index in [0.717, 1.165) is 77.5 Å². The highest BCUT2D eigenvalue weighted by Gasteiger charge is 2.30. The third-order valence-corrected chi connectivity index (χ3v) is 6.28. The summed E-state index contributed by atoms with van der Waals surface area (Å²) in [5.74, 6) is 1.26. The van der Waals surface area contributed by atoms with E-state index in [1.165, 1.54) is 11.1 Å². The van der Waals surface area contributed by atoms with Crippen LogP contribution in [-0.2, 0) is 17.6 Å². The van der Waals surface area contributed by atoms with Crippen LogP contribution in [0.15, 0.2) is 29.3 Å². The molecule has 1 atom stereocenters. The molecule has 0 bridgehead atoms. The van der Waals surface area contributed by atoms with E-state index in [2.05, 4.69) is 58.2 Å². The van der Waals surface area contributed by atoms with Crippen molar-refractivity contribution in [2.75, 3.05) is 52.9 Å². The van der Waals surface area contributed by atoms with E-state index in [9.17, 15) is 4.79 Å². The maximum Gasteiger partial charge on any atom is 0.239 e. The molecule has 3 rings (SSSR count). The summed E-state index contributed by atoms with van der Waals surface area (Å²) in [6, 6.07) is 8.86. The number of rotatable bonds is 6. The predicted molar refractivity (Wildman–Crippen MR) is 119 cm³/mol. The lowest BCUT2D eigenvalue weighted by atomic mass is 10.1. The van der Waals surface area contributed by atoms with E-state index >= 15 is 0 Å². The second kappa shape index (κ2) is 10.6. The smallest absolute Gasteiger partial charge is 0.239 e. The minimum atomic E-state index is -0.0173. The quantitative estimate of drug-likeness (QED) is 0.587. The molecule has 1 unspecified atom stereocenters. The fourth-order valence-electron chi connectivity index (χ4n) is 4.27. The Kier molecular flexibility index (Phi) is 7.92. The summed E-state index contributed by atoms with van der Waals surface area (Å²) in [5.41, 5.74) is 2.73. The summed E-state index contributed by atoms with van der Waals surface area (Å²) >= 11 is 0. The number of guanidine groups is 1. The first-order valence-electron chi connectivity index (χ1n) is 11.2. The number of hydrogen-bond donors (Lipinski definition) is 1. The van der Waals surface area contributed by atoms with Gasteiger partial charge >= 0.3 is 0 Å². The SMILES string of the molecule is CCc1ccc(CCNC(=NC)N2CCN(C(C)C(=O)N3CCCC3)CC2)cc1. The van der Waals surface area contributed by atoms with E-state index in [4.69, 9.17) is 0 Å². The normalized spacial score (nSPS) is 19.5. The Labute approximate surface area is 176 Å². The molecule has 1 amide bonds. The number of aliphatic imine (C=N–C) groups is 1. The minimum absolute atomic E-state index is 0.0173. The van der Waals surface area contributed by atoms with Gasteiger partial charge in [0, 0.05) is 52.9 Å². The van der Waals surface area contributed by atoms with Crippen LogP contribution in [0.1, 0.15) is 37.8 Å². The fourth-order valence-corrected chi connectivity index (χ4v) is 4.27. The molecule has 0 saturated carbocycles. The first-order valence-corrected chi connectivity index (χ1v) is 11.2. The van der Waals surface area contributed by atoms with E-state index in [-0.39, 0.29) is 6.04 Å². The summed E-state index contributed by atoms with van der Waals surface area (Å²) in [5, 5.41) is 3.51. The summed E-state index contributed by atoms with van der Waals surface area (Å²) in [6.45, 7) is 10.6. The summed E-state index contributed by atoms with van der Waals surface area (Å²) in [7, 11) is 1.85. The van der Waals surface area contributed by atoms with Crippen LogP contribution in [0.25, 0.3) is 0 Å². The molecule has 1 N–H and O–H groups in total. The molecular weight excluding hydrogens is 362 g/mol. The van der Waals surface area contributed by atoms with Crippen molar-refractivity contribution in [3.05, 3.63) is 35.4 Å². The number of amides is 1. The van der Waals surface area contributed by atoms with Gasteiger partial charge in [-0.15, -0.1) is 0 Å². The second-order valence-corrected chi connectivity index (χ2v) is 8.13. The van der Waals surface area contributed by atoms with Gasteiger partial charge in [-0.2, -0.15) is 0 Å². The summed E-state index contributed by atoms with van der Waals surface area (Å²) in [4.78, 5) is 23.8. The van der Waals surface area contributed by atoms with Crippen LogP contribution < -0.4 is 5.32 Å². The number of likely N-dealkylation sites (tertiary alicyclic amines) is 1. The zero-order chi connectivity index (χ0) is 20.6. The molecule has 160 valence electrons. The van der Waals surface area contributed by atoms with Crippen molar-refractivity contribution in [1.29, 1.82) is 0 Å². The van der Waals surface area contributed by atoms with Crippen molar-refractivity contribution in [1.82, 2.24) is 20.0 Å². The predicted octanol–water partition coefficient (Wildman–Crippen LogP) is 2.00. The first-order chi connectivity index (χ1) is 14.1. The van der Waals surface area contributed by atoms with E-state index in [1.807, 2.05) is 11.9 Å². The molecule has 2 heterocycles.